The number of aromatic nitrogens is 1. The fourth-order valence-electron chi connectivity index (χ4n) is 5.31. The predicted octanol–water partition coefficient (Wildman–Crippen LogP) is 5.52. The number of rotatable bonds is 9. The molecule has 0 aliphatic carbocycles. The number of allylic oxidation sites excluding steroid dienone is 1. The van der Waals surface area contributed by atoms with Crippen LogP contribution in [-0.4, -0.2) is 23.9 Å². The van der Waals surface area contributed by atoms with Crippen molar-refractivity contribution >= 4 is 39.3 Å². The van der Waals surface area contributed by atoms with Crippen LogP contribution in [0, 0.1) is 11.3 Å². The lowest BCUT2D eigenvalue weighted by molar-refractivity contribution is -0.139. The summed E-state index contributed by atoms with van der Waals surface area (Å²) in [5.74, 6) is 1.26. The number of fused-ring (bicyclic) bond motifs is 2. The van der Waals surface area contributed by atoms with E-state index in [2.05, 4.69) is 22.0 Å². The Kier molecular flexibility index (Phi) is 8.87. The fourth-order valence-corrected chi connectivity index (χ4v) is 6.84. The second kappa shape index (κ2) is 13.1. The first-order chi connectivity index (χ1) is 21.9. The van der Waals surface area contributed by atoms with Crippen LogP contribution in [0.3, 0.4) is 0 Å². The number of nitrogens with zero attached hydrogens (tertiary/aromatic N) is 3. The number of halogens is 1. The fraction of sp³-hybridized carbons (Fsp3) is 0.235. The first-order valence-electron chi connectivity index (χ1n) is 14.4. The van der Waals surface area contributed by atoms with Gasteiger partial charge in [-0.05, 0) is 76.8 Å². The average Bonchev–Trinajstić information content (AvgIpc) is 3.63. The molecule has 0 spiro atoms. The van der Waals surface area contributed by atoms with E-state index in [1.807, 2.05) is 55.5 Å². The molecule has 0 N–H and O–H groups in total. The van der Waals surface area contributed by atoms with Crippen molar-refractivity contribution in [2.45, 2.75) is 39.3 Å². The molecular formula is C34H28BrN3O6S. The van der Waals surface area contributed by atoms with E-state index in [9.17, 15) is 14.9 Å². The lowest BCUT2D eigenvalue weighted by atomic mass is 9.94. The first kappa shape index (κ1) is 30.4. The van der Waals surface area contributed by atoms with Crippen LogP contribution in [0.5, 0.6) is 17.2 Å². The molecule has 0 bridgehead atoms. The summed E-state index contributed by atoms with van der Waals surface area (Å²) >= 11 is 4.85. The number of carbonyl (C=O) groups excluding carboxylic acids is 1. The normalized spacial score (nSPS) is 15.3. The highest BCUT2D eigenvalue weighted by atomic mass is 79.9. The van der Waals surface area contributed by atoms with Gasteiger partial charge in [0.15, 0.2) is 16.3 Å². The molecule has 0 radical (unpaired) electrons. The molecule has 4 aromatic rings. The van der Waals surface area contributed by atoms with Gasteiger partial charge in [0, 0.05) is 5.56 Å². The minimum atomic E-state index is -0.752. The van der Waals surface area contributed by atoms with Gasteiger partial charge in [-0.25, -0.2) is 9.79 Å². The van der Waals surface area contributed by atoms with Crippen LogP contribution in [0.4, 0.5) is 0 Å². The van der Waals surface area contributed by atoms with E-state index >= 15 is 0 Å². The quantitative estimate of drug-likeness (QED) is 0.213. The second-order valence-electron chi connectivity index (χ2n) is 10.3. The van der Waals surface area contributed by atoms with Crippen LogP contribution in [0.2, 0.25) is 0 Å². The third-order valence-electron chi connectivity index (χ3n) is 7.38. The predicted molar refractivity (Wildman–Crippen MR) is 172 cm³/mol. The highest BCUT2D eigenvalue weighted by molar-refractivity contribution is 9.10. The maximum absolute atomic E-state index is 14.1. The van der Waals surface area contributed by atoms with E-state index in [1.54, 1.807) is 29.7 Å². The molecule has 1 aromatic heterocycles. The molecule has 0 saturated carbocycles. The van der Waals surface area contributed by atoms with Crippen molar-refractivity contribution in [3.63, 3.8) is 0 Å². The highest BCUT2D eigenvalue weighted by Gasteiger charge is 2.35. The van der Waals surface area contributed by atoms with Gasteiger partial charge < -0.3 is 18.9 Å². The lowest BCUT2D eigenvalue weighted by Crippen LogP contribution is -2.40. The number of carbonyl (C=O) groups is 1. The van der Waals surface area contributed by atoms with Crippen molar-refractivity contribution in [3.05, 3.63) is 118 Å². The molecule has 45 heavy (non-hydrogen) atoms. The minimum Gasteiger partial charge on any atom is -0.488 e. The summed E-state index contributed by atoms with van der Waals surface area (Å²) in [5.41, 5.74) is 3.50. The van der Waals surface area contributed by atoms with Crippen LogP contribution in [-0.2, 0) is 16.1 Å². The van der Waals surface area contributed by atoms with Gasteiger partial charge in [0.25, 0.3) is 5.56 Å². The molecule has 0 unspecified atom stereocenters. The van der Waals surface area contributed by atoms with Gasteiger partial charge in [0.05, 0.1) is 44.6 Å². The Labute approximate surface area is 271 Å². The maximum atomic E-state index is 14.1. The Balaban J connectivity index is 1.40. The van der Waals surface area contributed by atoms with Crippen molar-refractivity contribution < 1.29 is 23.7 Å². The van der Waals surface area contributed by atoms with Crippen LogP contribution >= 0.6 is 27.3 Å². The van der Waals surface area contributed by atoms with Gasteiger partial charge in [-0.3, -0.25) is 9.36 Å². The van der Waals surface area contributed by atoms with Gasteiger partial charge in [0.1, 0.15) is 12.4 Å². The SMILES string of the molecule is CCCC1=C(C(=O)OCC)[C@H](c2ccc3c(c2)OCO3)n2c(s/c(=C/c3ccc(OCc4ccccc4C#N)c(Br)c3)c2=O)=N1. The van der Waals surface area contributed by atoms with E-state index in [-0.39, 0.29) is 25.6 Å². The topological polar surface area (TPSA) is 112 Å². The van der Waals surface area contributed by atoms with Gasteiger partial charge in [-0.1, -0.05) is 55.0 Å². The van der Waals surface area contributed by atoms with E-state index in [0.717, 1.165) is 17.5 Å². The molecule has 11 heteroatoms. The van der Waals surface area contributed by atoms with Crippen LogP contribution in [0.1, 0.15) is 55.0 Å². The Morgan fingerprint density at radius 3 is 2.76 bits per heavy atom. The summed E-state index contributed by atoms with van der Waals surface area (Å²) in [6.07, 6.45) is 3.11. The molecular weight excluding hydrogens is 658 g/mol. The Hall–Kier alpha value is -4.66. The molecule has 2 aliphatic heterocycles. The zero-order chi connectivity index (χ0) is 31.5. The molecule has 9 nitrogen and oxygen atoms in total. The molecule has 0 fully saturated rings. The standard InChI is InChI=1S/C34H28BrN3O6S/c1-3-7-25-30(33(40)41-4-2)31(21-11-13-27-28(16-21)44-19-43-27)38-32(39)29(45-34(38)37-25)15-20-10-12-26(24(35)14-20)42-18-23-9-6-5-8-22(23)17-36/h5-6,8-16,31H,3-4,7,18-19H2,1-2H3/b29-15+/t31-/m0/s1. The van der Waals surface area contributed by atoms with Crippen LogP contribution in [0.15, 0.2) is 86.2 Å². The van der Waals surface area contributed by atoms with Gasteiger partial charge in [-0.2, -0.15) is 5.26 Å². The van der Waals surface area contributed by atoms with Crippen molar-refractivity contribution in [1.29, 1.82) is 5.26 Å². The number of hydrogen-bond donors (Lipinski definition) is 0. The molecule has 0 amide bonds. The average molecular weight is 687 g/mol. The summed E-state index contributed by atoms with van der Waals surface area (Å²) in [6.45, 7) is 4.31. The molecule has 6 rings (SSSR count). The Morgan fingerprint density at radius 2 is 1.98 bits per heavy atom. The van der Waals surface area contributed by atoms with Crippen molar-refractivity contribution in [2.24, 2.45) is 4.99 Å². The molecule has 3 heterocycles. The van der Waals surface area contributed by atoms with Crippen molar-refractivity contribution in [1.82, 2.24) is 4.57 Å². The Morgan fingerprint density at radius 1 is 1.16 bits per heavy atom. The molecule has 2 aliphatic rings. The summed E-state index contributed by atoms with van der Waals surface area (Å²) in [5, 5.41) is 9.37. The number of benzene rings is 3. The zero-order valence-electron chi connectivity index (χ0n) is 24.5. The first-order valence-corrected chi connectivity index (χ1v) is 16.0. The van der Waals surface area contributed by atoms with Gasteiger partial charge in [0.2, 0.25) is 6.79 Å². The van der Waals surface area contributed by atoms with Crippen molar-refractivity contribution in [3.8, 4) is 23.3 Å². The monoisotopic (exact) mass is 685 g/mol. The Bertz CT molecular complexity index is 2060. The smallest absolute Gasteiger partial charge is 0.338 e. The third-order valence-corrected chi connectivity index (χ3v) is 8.98. The molecule has 1 atom stereocenters. The van der Waals surface area contributed by atoms with Gasteiger partial charge >= 0.3 is 5.97 Å². The lowest BCUT2D eigenvalue weighted by Gasteiger charge is -2.25. The number of hydrogen-bond acceptors (Lipinski definition) is 9. The van der Waals surface area contributed by atoms with E-state index in [0.29, 0.717) is 59.9 Å². The summed E-state index contributed by atoms with van der Waals surface area (Å²) in [6, 6.07) is 19.7. The van der Waals surface area contributed by atoms with Gasteiger partial charge in [-0.15, -0.1) is 0 Å². The molecule has 228 valence electrons. The van der Waals surface area contributed by atoms with Crippen molar-refractivity contribution in [2.75, 3.05) is 13.4 Å². The number of ether oxygens (including phenoxy) is 4. The second-order valence-corrected chi connectivity index (χ2v) is 12.1. The van der Waals surface area contributed by atoms with E-state index < -0.39 is 12.0 Å². The van der Waals surface area contributed by atoms with Crippen LogP contribution in [0.25, 0.3) is 6.08 Å². The number of nitriles is 1. The van der Waals surface area contributed by atoms with Crippen LogP contribution < -0.4 is 29.1 Å². The zero-order valence-corrected chi connectivity index (χ0v) is 26.9. The number of thiazole rings is 1. The van der Waals surface area contributed by atoms with E-state index in [1.165, 1.54) is 11.3 Å². The summed E-state index contributed by atoms with van der Waals surface area (Å²) in [7, 11) is 0. The molecule has 3 aromatic carbocycles. The minimum absolute atomic E-state index is 0.107. The summed E-state index contributed by atoms with van der Waals surface area (Å²) in [4.78, 5) is 32.8. The molecule has 0 saturated heterocycles. The largest absolute Gasteiger partial charge is 0.488 e. The third kappa shape index (κ3) is 6.03. The summed E-state index contributed by atoms with van der Waals surface area (Å²) < 4.78 is 25.3. The van der Waals surface area contributed by atoms with E-state index in [4.69, 9.17) is 23.9 Å². The highest BCUT2D eigenvalue weighted by Crippen LogP contribution is 2.39. The maximum Gasteiger partial charge on any atom is 0.338 e. The number of esters is 1.